The molecule has 0 spiro atoms. The summed E-state index contributed by atoms with van der Waals surface area (Å²) in [6.07, 6.45) is 10.2. The standard InChI is InChI=1S/C30H22N2O.C15H16N.Ir/c31-19-23-16-17-25-24-9-6-10-26(27-11-4-5-18-32-27)29(24)33-30(25)28(23)22-14-12-21(13-15-22)20-7-2-1-3-8-20;1-15(2,3)13-9-10-14(16-11-13)12-7-5-4-6-8-12;/h4-6,9,12-18,20H,1-3,7-8H2;4-7,9-11H,1-3H3;/q-2;-1;+3. The van der Waals surface area contributed by atoms with Gasteiger partial charge in [-0.05, 0) is 64.4 Å². The number of aromatic nitrogens is 2. The molecule has 5 heteroatoms. The number of benzene rings is 4. The van der Waals surface area contributed by atoms with E-state index in [1.165, 1.54) is 43.2 Å². The number of nitrogens with zero attached hydrogens (tertiary/aromatic N) is 3. The Balaban J connectivity index is 0.000000215. The number of hydrogen-bond acceptors (Lipinski definition) is 4. The number of hydrogen-bond donors (Lipinski definition) is 0. The van der Waals surface area contributed by atoms with Crippen molar-refractivity contribution in [3.8, 4) is 39.7 Å². The van der Waals surface area contributed by atoms with Crippen LogP contribution < -0.4 is 0 Å². The normalized spacial score (nSPS) is 13.2. The van der Waals surface area contributed by atoms with Crippen molar-refractivity contribution in [1.82, 2.24) is 9.97 Å². The Labute approximate surface area is 308 Å². The van der Waals surface area contributed by atoms with E-state index in [9.17, 15) is 5.26 Å². The Kier molecular flexibility index (Phi) is 10.7. The van der Waals surface area contributed by atoms with E-state index >= 15 is 0 Å². The Morgan fingerprint density at radius 1 is 0.760 bits per heavy atom. The van der Waals surface area contributed by atoms with Gasteiger partial charge in [-0.1, -0.05) is 87.9 Å². The summed E-state index contributed by atoms with van der Waals surface area (Å²) in [6.45, 7) is 6.58. The molecule has 50 heavy (non-hydrogen) atoms. The summed E-state index contributed by atoms with van der Waals surface area (Å²) < 4.78 is 6.47. The van der Waals surface area contributed by atoms with E-state index in [0.29, 0.717) is 17.2 Å². The second-order valence-corrected chi connectivity index (χ2v) is 13.7. The summed E-state index contributed by atoms with van der Waals surface area (Å²) in [5.74, 6) is 0.651. The third kappa shape index (κ3) is 7.34. The van der Waals surface area contributed by atoms with Crippen molar-refractivity contribution in [2.45, 2.75) is 64.2 Å². The summed E-state index contributed by atoms with van der Waals surface area (Å²) in [4.78, 5) is 8.92. The fourth-order valence-corrected chi connectivity index (χ4v) is 6.73. The van der Waals surface area contributed by atoms with Gasteiger partial charge in [0.25, 0.3) is 0 Å². The van der Waals surface area contributed by atoms with Crippen molar-refractivity contribution < 1.29 is 24.5 Å². The first-order valence-corrected chi connectivity index (χ1v) is 17.1. The first-order chi connectivity index (χ1) is 23.9. The van der Waals surface area contributed by atoms with Gasteiger partial charge >= 0.3 is 20.1 Å². The first kappa shape index (κ1) is 35.0. The van der Waals surface area contributed by atoms with E-state index in [4.69, 9.17) is 4.42 Å². The maximum absolute atomic E-state index is 9.89. The Morgan fingerprint density at radius 2 is 1.54 bits per heavy atom. The molecule has 1 aliphatic rings. The topological polar surface area (TPSA) is 62.7 Å². The van der Waals surface area contributed by atoms with Crippen LogP contribution in [0.5, 0.6) is 0 Å². The van der Waals surface area contributed by atoms with Crippen LogP contribution in [0.2, 0.25) is 0 Å². The van der Waals surface area contributed by atoms with E-state index in [1.807, 2.05) is 66.9 Å². The summed E-state index contributed by atoms with van der Waals surface area (Å²) >= 11 is 0. The predicted molar refractivity (Wildman–Crippen MR) is 198 cm³/mol. The van der Waals surface area contributed by atoms with Gasteiger partial charge in [-0.3, -0.25) is 0 Å². The summed E-state index contributed by atoms with van der Waals surface area (Å²) in [5, 5.41) is 11.9. The summed E-state index contributed by atoms with van der Waals surface area (Å²) in [5.41, 5.74) is 10.2. The molecule has 7 aromatic rings. The van der Waals surface area contributed by atoms with E-state index in [-0.39, 0.29) is 25.5 Å². The molecule has 8 rings (SSSR count). The molecule has 1 aliphatic carbocycles. The second kappa shape index (κ2) is 15.3. The van der Waals surface area contributed by atoms with Crippen molar-refractivity contribution >= 4 is 21.9 Å². The molecule has 0 radical (unpaired) electrons. The molecule has 1 fully saturated rings. The number of furan rings is 1. The van der Waals surface area contributed by atoms with Crippen molar-refractivity contribution in [3.05, 3.63) is 144 Å². The van der Waals surface area contributed by atoms with Gasteiger partial charge in [0.2, 0.25) is 0 Å². The first-order valence-electron chi connectivity index (χ1n) is 17.1. The van der Waals surface area contributed by atoms with E-state index in [2.05, 4.69) is 91.4 Å². The van der Waals surface area contributed by atoms with Gasteiger partial charge in [-0.2, -0.15) is 23.0 Å². The number of pyridine rings is 2. The van der Waals surface area contributed by atoms with Crippen LogP contribution >= 0.6 is 0 Å². The van der Waals surface area contributed by atoms with Gasteiger partial charge in [-0.15, -0.1) is 53.7 Å². The molecule has 1 saturated carbocycles. The zero-order chi connectivity index (χ0) is 33.8. The summed E-state index contributed by atoms with van der Waals surface area (Å²) in [6, 6.07) is 44.3. The smallest absolute Gasteiger partial charge is 0.512 e. The van der Waals surface area contributed by atoms with E-state index in [1.54, 1.807) is 6.20 Å². The Bertz CT molecular complexity index is 2220. The van der Waals surface area contributed by atoms with Gasteiger partial charge in [0.1, 0.15) is 5.58 Å². The minimum Gasteiger partial charge on any atom is -0.512 e. The predicted octanol–water partition coefficient (Wildman–Crippen LogP) is 11.7. The van der Waals surface area contributed by atoms with Crippen LogP contribution in [0.1, 0.15) is 75.5 Å². The molecule has 4 aromatic carbocycles. The largest absolute Gasteiger partial charge is 3.00 e. The monoisotopic (exact) mass is 829 g/mol. The average molecular weight is 829 g/mol. The third-order valence-electron chi connectivity index (χ3n) is 9.46. The van der Waals surface area contributed by atoms with Crippen LogP contribution in [0.4, 0.5) is 0 Å². The minimum atomic E-state index is 0. The molecule has 0 bridgehead atoms. The summed E-state index contributed by atoms with van der Waals surface area (Å²) in [7, 11) is 0. The Hall–Kier alpha value is -4.88. The molecule has 3 aromatic heterocycles. The molecule has 0 saturated heterocycles. The zero-order valence-electron chi connectivity index (χ0n) is 28.6. The molecule has 0 atom stereocenters. The van der Waals surface area contributed by atoms with Crippen molar-refractivity contribution in [2.75, 3.05) is 0 Å². The molecule has 4 nitrogen and oxygen atoms in total. The van der Waals surface area contributed by atoms with Crippen LogP contribution in [0.25, 0.3) is 55.6 Å². The molecule has 0 aliphatic heterocycles. The molecule has 0 unspecified atom stereocenters. The van der Waals surface area contributed by atoms with Gasteiger partial charge < -0.3 is 14.4 Å². The van der Waals surface area contributed by atoms with Crippen LogP contribution in [0.3, 0.4) is 0 Å². The molecule has 3 heterocycles. The molecule has 248 valence electrons. The SMILES string of the molecule is CC(C)(C)c1ccc(-c2[c-]cccc2)nc1.N#Cc1ccc2c(oc3c(-c4[c-]cccn4)[c-]ccc32)c1-c1ccc(C2CCCCC2)cc1.[Ir+3]. The minimum absolute atomic E-state index is 0. The van der Waals surface area contributed by atoms with Crippen LogP contribution in [0, 0.1) is 29.5 Å². The van der Waals surface area contributed by atoms with E-state index in [0.717, 1.165) is 49.9 Å². The van der Waals surface area contributed by atoms with Crippen LogP contribution in [-0.4, -0.2) is 9.97 Å². The third-order valence-corrected chi connectivity index (χ3v) is 9.46. The zero-order valence-corrected chi connectivity index (χ0v) is 31.0. The number of fused-ring (bicyclic) bond motifs is 3. The second-order valence-electron chi connectivity index (χ2n) is 13.7. The van der Waals surface area contributed by atoms with Crippen molar-refractivity contribution in [1.29, 1.82) is 5.26 Å². The maximum Gasteiger partial charge on any atom is 3.00 e. The van der Waals surface area contributed by atoms with Gasteiger partial charge in [-0.25, -0.2) is 12.1 Å². The van der Waals surface area contributed by atoms with Crippen LogP contribution in [-0.2, 0) is 25.5 Å². The Morgan fingerprint density at radius 3 is 2.20 bits per heavy atom. The van der Waals surface area contributed by atoms with Gasteiger partial charge in [0.05, 0.1) is 11.6 Å². The molecule has 0 N–H and O–H groups in total. The maximum atomic E-state index is 9.89. The van der Waals surface area contributed by atoms with Crippen LogP contribution in [0.15, 0.2) is 114 Å². The van der Waals surface area contributed by atoms with Gasteiger partial charge in [0, 0.05) is 17.1 Å². The number of rotatable bonds is 4. The van der Waals surface area contributed by atoms with E-state index < -0.39 is 0 Å². The molecular formula is C45H38IrN3O. The van der Waals surface area contributed by atoms with Gasteiger partial charge in [0.15, 0.2) is 0 Å². The van der Waals surface area contributed by atoms with Crippen molar-refractivity contribution in [2.24, 2.45) is 0 Å². The van der Waals surface area contributed by atoms with Crippen molar-refractivity contribution in [3.63, 3.8) is 0 Å². The quantitative estimate of drug-likeness (QED) is 0.166. The average Bonchev–Trinajstić information content (AvgIpc) is 3.54. The fraction of sp³-hybridized carbons (Fsp3) is 0.222. The molecular weight excluding hydrogens is 791 g/mol. The molecule has 0 amide bonds. The fourth-order valence-electron chi connectivity index (χ4n) is 6.73. The number of nitriles is 1.